The highest BCUT2D eigenvalue weighted by molar-refractivity contribution is 5.97. The number of nitrogens with zero attached hydrogens (tertiary/aromatic N) is 1. The zero-order chi connectivity index (χ0) is 13.8. The predicted molar refractivity (Wildman–Crippen MR) is 71.6 cm³/mol. The molecular formula is C15H20FNO2. The van der Waals surface area contributed by atoms with Crippen LogP contribution in [0.5, 0.6) is 0 Å². The lowest BCUT2D eigenvalue weighted by Gasteiger charge is -2.34. The first-order valence-electron chi connectivity index (χ1n) is 6.75. The van der Waals surface area contributed by atoms with Crippen molar-refractivity contribution in [2.45, 2.75) is 37.8 Å². The molecule has 1 saturated carbocycles. The standard InChI is InChI=1S/C15H20FNO2/c1-17(13-8-4-5-9-14(13)18)10-15(19)11-6-2-3-7-12(11)16/h2-3,6-7,13-14,18H,4-5,8-10H2,1H3. The van der Waals surface area contributed by atoms with E-state index in [0.29, 0.717) is 0 Å². The van der Waals surface area contributed by atoms with Gasteiger partial charge in [-0.05, 0) is 32.0 Å². The number of rotatable bonds is 4. The van der Waals surface area contributed by atoms with Crippen LogP contribution in [0.2, 0.25) is 0 Å². The fourth-order valence-corrected chi connectivity index (χ4v) is 2.72. The van der Waals surface area contributed by atoms with E-state index in [9.17, 15) is 14.3 Å². The first kappa shape index (κ1) is 14.2. The quantitative estimate of drug-likeness (QED) is 0.849. The molecule has 0 aliphatic heterocycles. The van der Waals surface area contributed by atoms with Crippen LogP contribution in [-0.2, 0) is 0 Å². The molecule has 1 aliphatic carbocycles. The van der Waals surface area contributed by atoms with E-state index in [1.165, 1.54) is 12.1 Å². The number of hydrogen-bond acceptors (Lipinski definition) is 3. The van der Waals surface area contributed by atoms with Crippen LogP contribution in [0.4, 0.5) is 4.39 Å². The number of aliphatic hydroxyl groups is 1. The number of likely N-dealkylation sites (N-methyl/N-ethyl adjacent to an activating group) is 1. The lowest BCUT2D eigenvalue weighted by atomic mass is 9.91. The molecule has 0 saturated heterocycles. The number of hydrogen-bond donors (Lipinski definition) is 1. The van der Waals surface area contributed by atoms with Crippen molar-refractivity contribution in [3.05, 3.63) is 35.6 Å². The van der Waals surface area contributed by atoms with Crippen LogP contribution in [0.25, 0.3) is 0 Å². The van der Waals surface area contributed by atoms with Gasteiger partial charge in [0.05, 0.1) is 18.2 Å². The highest BCUT2D eigenvalue weighted by Crippen LogP contribution is 2.22. The summed E-state index contributed by atoms with van der Waals surface area (Å²) in [5.74, 6) is -0.719. The molecule has 4 heteroatoms. The molecule has 0 spiro atoms. The summed E-state index contributed by atoms with van der Waals surface area (Å²) in [6.07, 6.45) is 3.39. The van der Waals surface area contributed by atoms with Crippen molar-refractivity contribution in [3.63, 3.8) is 0 Å². The van der Waals surface area contributed by atoms with Gasteiger partial charge >= 0.3 is 0 Å². The minimum Gasteiger partial charge on any atom is -0.391 e. The van der Waals surface area contributed by atoms with Gasteiger partial charge in [0.2, 0.25) is 0 Å². The lowest BCUT2D eigenvalue weighted by molar-refractivity contribution is 0.0321. The van der Waals surface area contributed by atoms with Gasteiger partial charge in [0, 0.05) is 6.04 Å². The van der Waals surface area contributed by atoms with E-state index in [1.54, 1.807) is 12.1 Å². The molecule has 1 N–H and O–H groups in total. The molecule has 104 valence electrons. The first-order chi connectivity index (χ1) is 9.09. The highest BCUT2D eigenvalue weighted by atomic mass is 19.1. The van der Waals surface area contributed by atoms with Crippen molar-refractivity contribution >= 4 is 5.78 Å². The molecule has 0 amide bonds. The maximum Gasteiger partial charge on any atom is 0.179 e. The molecule has 1 aromatic carbocycles. The third-order valence-electron chi connectivity index (χ3n) is 3.83. The molecule has 0 aromatic heterocycles. The molecule has 0 bridgehead atoms. The summed E-state index contributed by atoms with van der Waals surface area (Å²) in [6.45, 7) is 0.142. The average Bonchev–Trinajstić information content (AvgIpc) is 2.39. The van der Waals surface area contributed by atoms with Crippen LogP contribution in [0.3, 0.4) is 0 Å². The molecule has 2 unspecified atom stereocenters. The molecule has 2 rings (SSSR count). The van der Waals surface area contributed by atoms with Crippen molar-refractivity contribution in [1.29, 1.82) is 0 Å². The molecule has 3 nitrogen and oxygen atoms in total. The van der Waals surface area contributed by atoms with Gasteiger partial charge < -0.3 is 5.11 Å². The van der Waals surface area contributed by atoms with Gasteiger partial charge in [0.25, 0.3) is 0 Å². The number of carbonyl (C=O) groups is 1. The molecule has 1 aliphatic rings. The normalized spacial score (nSPS) is 23.6. The van der Waals surface area contributed by atoms with Crippen LogP contribution < -0.4 is 0 Å². The zero-order valence-electron chi connectivity index (χ0n) is 11.2. The Morgan fingerprint density at radius 1 is 1.37 bits per heavy atom. The Hall–Kier alpha value is -1.26. The van der Waals surface area contributed by atoms with Gasteiger partial charge in [0.1, 0.15) is 5.82 Å². The largest absolute Gasteiger partial charge is 0.391 e. The zero-order valence-corrected chi connectivity index (χ0v) is 11.2. The third-order valence-corrected chi connectivity index (χ3v) is 3.83. The molecule has 19 heavy (non-hydrogen) atoms. The van der Waals surface area contributed by atoms with Crippen LogP contribution in [-0.4, -0.2) is 41.5 Å². The van der Waals surface area contributed by atoms with Gasteiger partial charge in [-0.2, -0.15) is 0 Å². The van der Waals surface area contributed by atoms with Crippen LogP contribution in [0, 0.1) is 5.82 Å². The summed E-state index contributed by atoms with van der Waals surface area (Å²) in [4.78, 5) is 13.9. The first-order valence-corrected chi connectivity index (χ1v) is 6.75. The van der Waals surface area contributed by atoms with Crippen LogP contribution in [0.15, 0.2) is 24.3 Å². The van der Waals surface area contributed by atoms with E-state index >= 15 is 0 Å². The molecular weight excluding hydrogens is 245 g/mol. The number of carbonyl (C=O) groups excluding carboxylic acids is 1. The SMILES string of the molecule is CN(CC(=O)c1ccccc1F)C1CCCCC1O. The molecule has 1 fully saturated rings. The maximum absolute atomic E-state index is 13.5. The molecule has 0 radical (unpaired) electrons. The van der Waals surface area contributed by atoms with E-state index in [0.717, 1.165) is 25.7 Å². The smallest absolute Gasteiger partial charge is 0.179 e. The minimum atomic E-state index is -0.481. The Morgan fingerprint density at radius 2 is 2.05 bits per heavy atom. The summed E-state index contributed by atoms with van der Waals surface area (Å²) in [7, 11) is 1.82. The summed E-state index contributed by atoms with van der Waals surface area (Å²) in [5.41, 5.74) is 0.125. The Bertz CT molecular complexity index is 450. The van der Waals surface area contributed by atoms with Crippen LogP contribution >= 0.6 is 0 Å². The van der Waals surface area contributed by atoms with E-state index < -0.39 is 5.82 Å². The van der Waals surface area contributed by atoms with Crippen molar-refractivity contribution < 1.29 is 14.3 Å². The van der Waals surface area contributed by atoms with Crippen molar-refractivity contribution in [2.24, 2.45) is 0 Å². The second-order valence-electron chi connectivity index (χ2n) is 5.24. The fourth-order valence-electron chi connectivity index (χ4n) is 2.72. The third kappa shape index (κ3) is 3.39. The molecule has 1 aromatic rings. The summed E-state index contributed by atoms with van der Waals surface area (Å²) < 4.78 is 13.5. The fraction of sp³-hybridized carbons (Fsp3) is 0.533. The maximum atomic E-state index is 13.5. The van der Waals surface area contributed by atoms with Crippen LogP contribution in [0.1, 0.15) is 36.0 Å². The minimum absolute atomic E-state index is 0.00414. The highest BCUT2D eigenvalue weighted by Gasteiger charge is 2.28. The van der Waals surface area contributed by atoms with E-state index in [2.05, 4.69) is 0 Å². The van der Waals surface area contributed by atoms with Crippen molar-refractivity contribution in [2.75, 3.05) is 13.6 Å². The number of ketones is 1. The second-order valence-corrected chi connectivity index (χ2v) is 5.24. The second kappa shape index (κ2) is 6.26. The van der Waals surface area contributed by atoms with Gasteiger partial charge in [-0.1, -0.05) is 25.0 Å². The Labute approximate surface area is 113 Å². The average molecular weight is 265 g/mol. The van der Waals surface area contributed by atoms with Gasteiger partial charge in [0.15, 0.2) is 5.78 Å². The Kier molecular flexibility index (Phi) is 4.66. The van der Waals surface area contributed by atoms with E-state index in [4.69, 9.17) is 0 Å². The molecule has 0 heterocycles. The van der Waals surface area contributed by atoms with Crippen molar-refractivity contribution in [3.8, 4) is 0 Å². The van der Waals surface area contributed by atoms with Gasteiger partial charge in [-0.25, -0.2) is 4.39 Å². The summed E-state index contributed by atoms with van der Waals surface area (Å²) >= 11 is 0. The number of halogens is 1. The topological polar surface area (TPSA) is 40.5 Å². The van der Waals surface area contributed by atoms with E-state index in [1.807, 2.05) is 11.9 Å². The Balaban J connectivity index is 2.00. The Morgan fingerprint density at radius 3 is 2.74 bits per heavy atom. The van der Waals surface area contributed by atoms with E-state index in [-0.39, 0.29) is 30.0 Å². The van der Waals surface area contributed by atoms with Crippen molar-refractivity contribution in [1.82, 2.24) is 4.90 Å². The number of benzene rings is 1. The lowest BCUT2D eigenvalue weighted by Crippen LogP contribution is -2.45. The summed E-state index contributed by atoms with van der Waals surface area (Å²) in [5, 5.41) is 9.95. The predicted octanol–water partition coefficient (Wildman–Crippen LogP) is 2.24. The van der Waals surface area contributed by atoms with Gasteiger partial charge in [-0.3, -0.25) is 9.69 Å². The van der Waals surface area contributed by atoms with Gasteiger partial charge in [-0.15, -0.1) is 0 Å². The number of Topliss-reactive ketones (excluding diaryl/α,β-unsaturated/α-hetero) is 1. The summed E-state index contributed by atoms with van der Waals surface area (Å²) in [6, 6.07) is 6.03. The molecule has 2 atom stereocenters. The number of aliphatic hydroxyl groups excluding tert-OH is 1. The monoisotopic (exact) mass is 265 g/mol.